The molecule has 1 aliphatic heterocycles. The average molecular weight is 213 g/mol. The number of hydrogen-bond acceptors (Lipinski definition) is 2. The van der Waals surface area contributed by atoms with Gasteiger partial charge in [0.25, 0.3) is 0 Å². The van der Waals surface area contributed by atoms with Gasteiger partial charge in [0.1, 0.15) is 5.82 Å². The Bertz CT molecular complexity index is 380. The minimum Gasteiger partial charge on any atom is -0.324 e. The third-order valence-corrected chi connectivity index (χ3v) is 4.01. The normalized spacial score (nSPS) is 26.7. The first-order valence-electron chi connectivity index (χ1n) is 4.62. The molecule has 1 heterocycles. The van der Waals surface area contributed by atoms with Crippen LogP contribution in [0, 0.1) is 5.82 Å². The SMILES string of the molecule is NC1CCCS(=O)c2c(F)cccc21. The fraction of sp³-hybridized carbons (Fsp3) is 0.400. The molecule has 0 aromatic heterocycles. The van der Waals surface area contributed by atoms with Crippen molar-refractivity contribution < 1.29 is 8.60 Å². The molecule has 2 nitrogen and oxygen atoms in total. The minimum atomic E-state index is -1.22. The summed E-state index contributed by atoms with van der Waals surface area (Å²) in [4.78, 5) is 0.317. The van der Waals surface area contributed by atoms with Crippen LogP contribution < -0.4 is 5.73 Å². The van der Waals surface area contributed by atoms with Gasteiger partial charge >= 0.3 is 0 Å². The molecule has 1 aromatic rings. The summed E-state index contributed by atoms with van der Waals surface area (Å²) in [5.41, 5.74) is 6.59. The highest BCUT2D eigenvalue weighted by atomic mass is 32.2. The molecule has 0 saturated heterocycles. The predicted molar refractivity (Wildman–Crippen MR) is 53.8 cm³/mol. The van der Waals surface area contributed by atoms with Crippen LogP contribution in [0.15, 0.2) is 23.1 Å². The number of hydrogen-bond donors (Lipinski definition) is 1. The molecule has 0 spiro atoms. The standard InChI is InChI=1S/C10H12FNOS/c11-8-4-1-3-7-9(12)5-2-6-14(13)10(7)8/h1,3-4,9H,2,5-6,12H2. The molecule has 0 fully saturated rings. The van der Waals surface area contributed by atoms with E-state index in [2.05, 4.69) is 0 Å². The molecular formula is C10H12FNOS. The second kappa shape index (κ2) is 3.79. The fourth-order valence-electron chi connectivity index (χ4n) is 1.75. The van der Waals surface area contributed by atoms with Crippen LogP contribution >= 0.6 is 0 Å². The van der Waals surface area contributed by atoms with Crippen LogP contribution in [0.4, 0.5) is 4.39 Å². The second-order valence-electron chi connectivity index (χ2n) is 3.46. The maximum atomic E-state index is 13.4. The number of halogens is 1. The molecule has 2 atom stereocenters. The molecule has 1 aliphatic rings. The van der Waals surface area contributed by atoms with Crippen molar-refractivity contribution in [2.24, 2.45) is 5.73 Å². The molecule has 2 rings (SSSR count). The van der Waals surface area contributed by atoms with E-state index in [0.717, 1.165) is 12.8 Å². The smallest absolute Gasteiger partial charge is 0.139 e. The largest absolute Gasteiger partial charge is 0.324 e. The zero-order chi connectivity index (χ0) is 10.1. The van der Waals surface area contributed by atoms with Crippen molar-refractivity contribution in [3.8, 4) is 0 Å². The van der Waals surface area contributed by atoms with Crippen molar-refractivity contribution in [3.63, 3.8) is 0 Å². The second-order valence-corrected chi connectivity index (χ2v) is 4.96. The van der Waals surface area contributed by atoms with E-state index in [0.29, 0.717) is 16.2 Å². The van der Waals surface area contributed by atoms with Gasteiger partial charge in [0.05, 0.1) is 15.7 Å². The van der Waals surface area contributed by atoms with Crippen LogP contribution in [0.3, 0.4) is 0 Å². The molecule has 0 bridgehead atoms. The van der Waals surface area contributed by atoms with E-state index < -0.39 is 16.6 Å². The van der Waals surface area contributed by atoms with Gasteiger partial charge in [-0.15, -0.1) is 0 Å². The van der Waals surface area contributed by atoms with Gasteiger partial charge < -0.3 is 5.73 Å². The number of fused-ring (bicyclic) bond motifs is 1. The lowest BCUT2D eigenvalue weighted by atomic mass is 10.0. The van der Waals surface area contributed by atoms with Crippen LogP contribution in [-0.4, -0.2) is 9.96 Å². The Morgan fingerprint density at radius 1 is 1.50 bits per heavy atom. The summed E-state index contributed by atoms with van der Waals surface area (Å²) in [5.74, 6) is 0.125. The van der Waals surface area contributed by atoms with Crippen LogP contribution in [0.2, 0.25) is 0 Å². The quantitative estimate of drug-likeness (QED) is 0.713. The summed E-state index contributed by atoms with van der Waals surface area (Å²) in [6, 6.07) is 4.56. The van der Waals surface area contributed by atoms with Gasteiger partial charge in [-0.2, -0.15) is 0 Å². The molecule has 1 aromatic carbocycles. The van der Waals surface area contributed by atoms with Gasteiger partial charge in [-0.1, -0.05) is 12.1 Å². The monoisotopic (exact) mass is 213 g/mol. The van der Waals surface area contributed by atoms with Crippen molar-refractivity contribution >= 4 is 10.8 Å². The summed E-state index contributed by atoms with van der Waals surface area (Å²) < 4.78 is 25.1. The molecule has 0 radical (unpaired) electrons. The molecule has 4 heteroatoms. The highest BCUT2D eigenvalue weighted by molar-refractivity contribution is 7.85. The third-order valence-electron chi connectivity index (χ3n) is 2.47. The first kappa shape index (κ1) is 9.80. The molecule has 14 heavy (non-hydrogen) atoms. The van der Waals surface area contributed by atoms with E-state index in [-0.39, 0.29) is 6.04 Å². The van der Waals surface area contributed by atoms with Crippen LogP contribution in [0.5, 0.6) is 0 Å². The molecule has 0 amide bonds. The zero-order valence-electron chi connectivity index (χ0n) is 7.70. The van der Waals surface area contributed by atoms with Gasteiger partial charge in [0.15, 0.2) is 0 Å². The summed E-state index contributed by atoms with van der Waals surface area (Å²) in [7, 11) is -1.22. The summed E-state index contributed by atoms with van der Waals surface area (Å²) in [6.45, 7) is 0. The Morgan fingerprint density at radius 3 is 3.07 bits per heavy atom. The van der Waals surface area contributed by atoms with E-state index in [4.69, 9.17) is 5.73 Å². The maximum absolute atomic E-state index is 13.4. The van der Waals surface area contributed by atoms with Gasteiger partial charge in [-0.3, -0.25) is 4.21 Å². The van der Waals surface area contributed by atoms with Crippen molar-refractivity contribution in [1.82, 2.24) is 0 Å². The Hall–Kier alpha value is -0.740. The summed E-state index contributed by atoms with van der Waals surface area (Å²) >= 11 is 0. The third kappa shape index (κ3) is 1.60. The Morgan fingerprint density at radius 2 is 2.29 bits per heavy atom. The Labute approximate surface area is 84.8 Å². The zero-order valence-corrected chi connectivity index (χ0v) is 8.52. The van der Waals surface area contributed by atoms with Crippen molar-refractivity contribution in [3.05, 3.63) is 29.6 Å². The van der Waals surface area contributed by atoms with Crippen LogP contribution in [0.1, 0.15) is 24.4 Å². The lowest BCUT2D eigenvalue weighted by Crippen LogP contribution is -2.11. The van der Waals surface area contributed by atoms with E-state index >= 15 is 0 Å². The van der Waals surface area contributed by atoms with Crippen LogP contribution in [0.25, 0.3) is 0 Å². The van der Waals surface area contributed by atoms with Crippen molar-refractivity contribution in [2.45, 2.75) is 23.8 Å². The van der Waals surface area contributed by atoms with Crippen LogP contribution in [-0.2, 0) is 10.8 Å². The number of nitrogens with two attached hydrogens (primary N) is 1. The molecule has 2 N–H and O–H groups in total. The Balaban J connectivity index is 2.59. The van der Waals surface area contributed by atoms with Gasteiger partial charge in [0.2, 0.25) is 0 Å². The highest BCUT2D eigenvalue weighted by Gasteiger charge is 2.22. The first-order valence-corrected chi connectivity index (χ1v) is 5.94. The van der Waals surface area contributed by atoms with Gasteiger partial charge in [0, 0.05) is 11.8 Å². The molecule has 0 saturated carbocycles. The van der Waals surface area contributed by atoms with Crippen molar-refractivity contribution in [2.75, 3.05) is 5.75 Å². The first-order chi connectivity index (χ1) is 6.70. The fourth-order valence-corrected chi connectivity index (χ4v) is 3.15. The molecular weight excluding hydrogens is 201 g/mol. The average Bonchev–Trinajstić information content (AvgIpc) is 2.29. The molecule has 2 unspecified atom stereocenters. The molecule has 0 aliphatic carbocycles. The number of rotatable bonds is 0. The van der Waals surface area contributed by atoms with Gasteiger partial charge in [-0.05, 0) is 24.5 Å². The molecule has 76 valence electrons. The summed E-state index contributed by atoms with van der Waals surface area (Å²) in [5, 5.41) is 0. The topological polar surface area (TPSA) is 43.1 Å². The van der Waals surface area contributed by atoms with Crippen molar-refractivity contribution in [1.29, 1.82) is 0 Å². The maximum Gasteiger partial charge on any atom is 0.139 e. The lowest BCUT2D eigenvalue weighted by molar-refractivity contribution is 0.578. The number of benzene rings is 1. The summed E-state index contributed by atoms with van der Waals surface area (Å²) in [6.07, 6.45) is 1.57. The Kier molecular flexibility index (Phi) is 2.65. The van der Waals surface area contributed by atoms with E-state index in [1.54, 1.807) is 12.1 Å². The highest BCUT2D eigenvalue weighted by Crippen LogP contribution is 2.29. The van der Waals surface area contributed by atoms with E-state index in [9.17, 15) is 8.60 Å². The van der Waals surface area contributed by atoms with E-state index in [1.807, 2.05) is 0 Å². The minimum absolute atomic E-state index is 0.174. The van der Waals surface area contributed by atoms with E-state index in [1.165, 1.54) is 6.07 Å². The lowest BCUT2D eigenvalue weighted by Gasteiger charge is -2.11. The predicted octanol–water partition coefficient (Wildman–Crippen LogP) is 1.73. The van der Waals surface area contributed by atoms with Gasteiger partial charge in [-0.25, -0.2) is 4.39 Å².